The Morgan fingerprint density at radius 1 is 0.893 bits per heavy atom. The van der Waals surface area contributed by atoms with Crippen molar-refractivity contribution in [2.45, 2.75) is 6.54 Å². The summed E-state index contributed by atoms with van der Waals surface area (Å²) < 4.78 is 29.9. The van der Waals surface area contributed by atoms with Gasteiger partial charge in [0.1, 0.15) is 5.82 Å². The lowest BCUT2D eigenvalue weighted by Crippen LogP contribution is -2.21. The molecule has 0 N–H and O–H groups in total. The lowest BCUT2D eigenvalue weighted by molar-refractivity contribution is 0.103. The van der Waals surface area contributed by atoms with E-state index < -0.39 is 22.8 Å². The van der Waals surface area contributed by atoms with Gasteiger partial charge < -0.3 is 4.57 Å². The van der Waals surface area contributed by atoms with Crippen LogP contribution in [0.5, 0.6) is 0 Å². The number of ketones is 1. The summed E-state index contributed by atoms with van der Waals surface area (Å²) in [6, 6.07) is 19.3. The molecule has 0 radical (unpaired) electrons. The van der Waals surface area contributed by atoms with Crippen LogP contribution >= 0.6 is 0 Å². The molecule has 28 heavy (non-hydrogen) atoms. The number of rotatable bonds is 4. The van der Waals surface area contributed by atoms with Gasteiger partial charge in [-0.3, -0.25) is 9.59 Å². The van der Waals surface area contributed by atoms with Crippen molar-refractivity contribution < 1.29 is 13.6 Å². The fourth-order valence-corrected chi connectivity index (χ4v) is 3.27. The highest BCUT2D eigenvalue weighted by Crippen LogP contribution is 2.20. The van der Waals surface area contributed by atoms with Crippen LogP contribution in [0.4, 0.5) is 8.78 Å². The maximum absolute atomic E-state index is 14.6. The molecule has 138 valence electrons. The molecule has 0 aliphatic carbocycles. The van der Waals surface area contributed by atoms with Crippen molar-refractivity contribution in [2.24, 2.45) is 0 Å². The van der Waals surface area contributed by atoms with Crippen molar-refractivity contribution in [1.29, 1.82) is 0 Å². The first kappa shape index (κ1) is 17.8. The van der Waals surface area contributed by atoms with Gasteiger partial charge in [-0.15, -0.1) is 0 Å². The Hall–Kier alpha value is -3.60. The number of benzene rings is 3. The smallest absolute Gasteiger partial charge is 0.200 e. The van der Waals surface area contributed by atoms with E-state index in [-0.39, 0.29) is 23.0 Å². The molecule has 3 aromatic carbocycles. The van der Waals surface area contributed by atoms with E-state index in [2.05, 4.69) is 0 Å². The Labute approximate surface area is 159 Å². The number of halogens is 2. The topological polar surface area (TPSA) is 39.1 Å². The van der Waals surface area contributed by atoms with E-state index in [1.54, 1.807) is 30.3 Å². The number of hydrogen-bond donors (Lipinski definition) is 0. The summed E-state index contributed by atoms with van der Waals surface area (Å²) in [4.78, 5) is 25.8. The van der Waals surface area contributed by atoms with Crippen molar-refractivity contribution in [3.05, 3.63) is 118 Å². The largest absolute Gasteiger partial charge is 0.340 e. The predicted molar refractivity (Wildman–Crippen MR) is 104 cm³/mol. The molecule has 0 bridgehead atoms. The van der Waals surface area contributed by atoms with Crippen LogP contribution in [0.2, 0.25) is 0 Å². The molecule has 4 aromatic rings. The Morgan fingerprint density at radius 2 is 1.54 bits per heavy atom. The molecule has 4 rings (SSSR count). The first-order valence-corrected chi connectivity index (χ1v) is 8.70. The number of hydrogen-bond acceptors (Lipinski definition) is 2. The molecule has 3 nitrogen and oxygen atoms in total. The normalized spacial score (nSPS) is 10.9. The maximum Gasteiger partial charge on any atom is 0.200 e. The van der Waals surface area contributed by atoms with Crippen molar-refractivity contribution in [1.82, 2.24) is 4.57 Å². The lowest BCUT2D eigenvalue weighted by Gasteiger charge is -2.14. The summed E-state index contributed by atoms with van der Waals surface area (Å²) in [5.41, 5.74) is 0.349. The average Bonchev–Trinajstić information content (AvgIpc) is 2.70. The lowest BCUT2D eigenvalue weighted by atomic mass is 10.0. The molecule has 5 heteroatoms. The van der Waals surface area contributed by atoms with E-state index >= 15 is 0 Å². The van der Waals surface area contributed by atoms with Crippen molar-refractivity contribution >= 4 is 16.7 Å². The van der Waals surface area contributed by atoms with Gasteiger partial charge in [-0.05, 0) is 11.6 Å². The second-order valence-corrected chi connectivity index (χ2v) is 6.46. The van der Waals surface area contributed by atoms with Crippen molar-refractivity contribution in [2.75, 3.05) is 0 Å². The molecule has 0 aliphatic heterocycles. The summed E-state index contributed by atoms with van der Waals surface area (Å²) in [7, 11) is 0. The molecule has 0 atom stereocenters. The third-order valence-corrected chi connectivity index (χ3v) is 4.57. The average molecular weight is 375 g/mol. The first-order chi connectivity index (χ1) is 13.5. The molecular weight excluding hydrogens is 360 g/mol. The van der Waals surface area contributed by atoms with Crippen LogP contribution in [0.1, 0.15) is 21.5 Å². The standard InChI is InChI=1S/C23H15F2NO2/c24-17-11-18-21(20(25)12-17)26(13-15-7-3-1-4-8-15)14-19(23(18)28)22(27)16-9-5-2-6-10-16/h1-12,14H,13H2. The molecule has 0 fully saturated rings. The van der Waals surface area contributed by atoms with Gasteiger partial charge in [-0.2, -0.15) is 0 Å². The molecule has 0 amide bonds. The Balaban J connectivity index is 1.98. The van der Waals surface area contributed by atoms with Gasteiger partial charge >= 0.3 is 0 Å². The SMILES string of the molecule is O=C(c1ccccc1)c1cn(Cc2ccccc2)c2c(F)cc(F)cc2c1=O. The molecular formula is C23H15F2NO2. The summed E-state index contributed by atoms with van der Waals surface area (Å²) in [5.74, 6) is -2.20. The summed E-state index contributed by atoms with van der Waals surface area (Å²) in [5, 5.41) is -0.157. The molecule has 0 saturated carbocycles. The van der Waals surface area contributed by atoms with Gasteiger partial charge in [-0.1, -0.05) is 60.7 Å². The fourth-order valence-electron chi connectivity index (χ4n) is 3.27. The van der Waals surface area contributed by atoms with E-state index in [0.29, 0.717) is 5.56 Å². The van der Waals surface area contributed by atoms with Gasteiger partial charge in [-0.25, -0.2) is 8.78 Å². The summed E-state index contributed by atoms with van der Waals surface area (Å²) >= 11 is 0. The monoisotopic (exact) mass is 375 g/mol. The Kier molecular flexibility index (Phi) is 4.57. The molecule has 1 aromatic heterocycles. The third-order valence-electron chi connectivity index (χ3n) is 4.57. The van der Waals surface area contributed by atoms with Crippen LogP contribution in [0.25, 0.3) is 10.9 Å². The summed E-state index contributed by atoms with van der Waals surface area (Å²) in [6.07, 6.45) is 1.36. The summed E-state index contributed by atoms with van der Waals surface area (Å²) in [6.45, 7) is 0.231. The van der Waals surface area contributed by atoms with Crippen LogP contribution in [-0.2, 0) is 6.54 Å². The third kappa shape index (κ3) is 3.22. The second kappa shape index (κ2) is 7.19. The van der Waals surface area contributed by atoms with Gasteiger partial charge in [0.2, 0.25) is 5.43 Å². The minimum absolute atomic E-state index is 0.0279. The number of fused-ring (bicyclic) bond motifs is 1. The van der Waals surface area contributed by atoms with E-state index in [1.165, 1.54) is 10.8 Å². The number of carbonyl (C=O) groups excluding carboxylic acids is 1. The molecule has 1 heterocycles. The quantitative estimate of drug-likeness (QED) is 0.491. The Morgan fingerprint density at radius 3 is 2.21 bits per heavy atom. The fraction of sp³-hybridized carbons (Fsp3) is 0.0435. The first-order valence-electron chi connectivity index (χ1n) is 8.70. The van der Waals surface area contributed by atoms with Gasteiger partial charge in [0, 0.05) is 24.4 Å². The van der Waals surface area contributed by atoms with Crippen LogP contribution in [-0.4, -0.2) is 10.4 Å². The van der Waals surface area contributed by atoms with Crippen LogP contribution in [0.15, 0.2) is 83.8 Å². The maximum atomic E-state index is 14.6. The van der Waals surface area contributed by atoms with E-state index in [1.807, 2.05) is 30.3 Å². The van der Waals surface area contributed by atoms with E-state index in [0.717, 1.165) is 17.7 Å². The molecule has 0 aliphatic rings. The number of carbonyl (C=O) groups is 1. The molecule has 0 spiro atoms. The van der Waals surface area contributed by atoms with Crippen LogP contribution in [0.3, 0.4) is 0 Å². The highest BCUT2D eigenvalue weighted by molar-refractivity contribution is 6.10. The van der Waals surface area contributed by atoms with Gasteiger partial charge in [0.05, 0.1) is 16.5 Å². The highest BCUT2D eigenvalue weighted by atomic mass is 19.1. The zero-order chi connectivity index (χ0) is 19.7. The van der Waals surface area contributed by atoms with Crippen molar-refractivity contribution in [3.63, 3.8) is 0 Å². The van der Waals surface area contributed by atoms with E-state index in [9.17, 15) is 18.4 Å². The van der Waals surface area contributed by atoms with Crippen molar-refractivity contribution in [3.8, 4) is 0 Å². The van der Waals surface area contributed by atoms with E-state index in [4.69, 9.17) is 0 Å². The second-order valence-electron chi connectivity index (χ2n) is 6.46. The van der Waals surface area contributed by atoms with Crippen LogP contribution in [0, 0.1) is 11.6 Å². The predicted octanol–water partition coefficient (Wildman–Crippen LogP) is 4.56. The van der Waals surface area contributed by atoms with Crippen LogP contribution < -0.4 is 5.43 Å². The number of nitrogens with zero attached hydrogens (tertiary/aromatic N) is 1. The number of aromatic nitrogens is 1. The highest BCUT2D eigenvalue weighted by Gasteiger charge is 2.20. The molecule has 0 saturated heterocycles. The molecule has 0 unspecified atom stereocenters. The van der Waals surface area contributed by atoms with Gasteiger partial charge in [0.15, 0.2) is 11.6 Å². The minimum Gasteiger partial charge on any atom is -0.340 e. The Bertz CT molecular complexity index is 1230. The zero-order valence-corrected chi connectivity index (χ0v) is 14.7. The number of pyridine rings is 1. The zero-order valence-electron chi connectivity index (χ0n) is 14.7. The minimum atomic E-state index is -0.863. The van der Waals surface area contributed by atoms with Gasteiger partial charge in [0.25, 0.3) is 0 Å².